The number of dihydropyridines is 1. The van der Waals surface area contributed by atoms with E-state index in [1.807, 2.05) is 30.5 Å². The van der Waals surface area contributed by atoms with Crippen LogP contribution in [0.1, 0.15) is 69.0 Å². The predicted molar refractivity (Wildman–Crippen MR) is 170 cm³/mol. The van der Waals surface area contributed by atoms with Crippen LogP contribution in [0.2, 0.25) is 0 Å². The molecule has 1 aromatic heterocycles. The summed E-state index contributed by atoms with van der Waals surface area (Å²) in [6.45, 7) is 3.30. The lowest BCUT2D eigenvalue weighted by Gasteiger charge is -2.31. The van der Waals surface area contributed by atoms with Crippen molar-refractivity contribution in [3.8, 4) is 23.3 Å². The first-order chi connectivity index (χ1) is 20.9. The molecule has 0 amide bonds. The van der Waals surface area contributed by atoms with Gasteiger partial charge in [0.2, 0.25) is 0 Å². The van der Waals surface area contributed by atoms with Crippen LogP contribution in [0, 0.1) is 35.5 Å². The number of phenols is 1. The van der Waals surface area contributed by atoms with Crippen molar-refractivity contribution in [2.45, 2.75) is 76.4 Å². The molecule has 2 aromatic rings. The summed E-state index contributed by atoms with van der Waals surface area (Å²) in [5, 5.41) is 36.3. The maximum atomic E-state index is 11.4. The average Bonchev–Trinajstić information content (AvgIpc) is 3.45. The highest BCUT2D eigenvalue weighted by Gasteiger charge is 2.36. The van der Waals surface area contributed by atoms with Gasteiger partial charge in [-0.3, -0.25) is 0 Å². The summed E-state index contributed by atoms with van der Waals surface area (Å²) in [4.78, 5) is 3.30. The Morgan fingerprint density at radius 2 is 1.95 bits per heavy atom. The summed E-state index contributed by atoms with van der Waals surface area (Å²) in [7, 11) is 0. The van der Waals surface area contributed by atoms with Gasteiger partial charge in [0.25, 0.3) is 0 Å². The second kappa shape index (κ2) is 14.7. The Hall–Kier alpha value is -3.60. The summed E-state index contributed by atoms with van der Waals surface area (Å²) >= 11 is 0. The van der Waals surface area contributed by atoms with E-state index in [-0.39, 0.29) is 29.4 Å². The van der Waals surface area contributed by atoms with E-state index in [9.17, 15) is 15.3 Å². The van der Waals surface area contributed by atoms with Gasteiger partial charge < -0.3 is 36.1 Å². The number of phenolic OH excluding ortho intramolecular Hbond substituents is 1. The number of ether oxygens (including phenoxy) is 1. The lowest BCUT2D eigenvalue weighted by molar-refractivity contribution is -0.00705. The van der Waals surface area contributed by atoms with Crippen molar-refractivity contribution >= 4 is 0 Å². The quantitative estimate of drug-likeness (QED) is 0.176. The molecule has 7 unspecified atom stereocenters. The van der Waals surface area contributed by atoms with Crippen LogP contribution in [0.25, 0.3) is 0 Å². The van der Waals surface area contributed by atoms with E-state index in [1.165, 1.54) is 5.57 Å². The molecule has 0 saturated carbocycles. The van der Waals surface area contributed by atoms with Crippen molar-refractivity contribution in [1.29, 1.82) is 0 Å². The van der Waals surface area contributed by atoms with Gasteiger partial charge in [0, 0.05) is 42.1 Å². The Kier molecular flexibility index (Phi) is 10.6. The van der Waals surface area contributed by atoms with E-state index < -0.39 is 12.2 Å². The Morgan fingerprint density at radius 3 is 2.74 bits per heavy atom. The number of hydrogen-bond donors (Lipinski definition) is 6. The highest BCUT2D eigenvalue weighted by atomic mass is 16.5. The standard InChI is InChI=1S/C36H47N3O4/c1-2-24-6-3-4-8-32(41)36-25(10-9-24)11-12-26(21-33(36)42)27-13-14-31(40)34(22-27)43-19-16-29(20-30-7-5-17-38-30)28-15-18-39-35(37)23-28/h5,7,11-15,17,22-26,29,32-33,36,38-42H,2-4,6,8,16,18-21,37H2,1H3. The zero-order valence-corrected chi connectivity index (χ0v) is 25.2. The third kappa shape index (κ3) is 8.07. The highest BCUT2D eigenvalue weighted by Crippen LogP contribution is 2.39. The zero-order chi connectivity index (χ0) is 30.2. The number of aliphatic hydroxyl groups is 2. The molecule has 2 aliphatic carbocycles. The van der Waals surface area contributed by atoms with Crippen molar-refractivity contribution in [1.82, 2.24) is 10.3 Å². The van der Waals surface area contributed by atoms with Crippen molar-refractivity contribution < 1.29 is 20.1 Å². The Labute approximate surface area is 255 Å². The van der Waals surface area contributed by atoms with E-state index in [4.69, 9.17) is 10.5 Å². The number of aliphatic hydroxyl groups excluding tert-OH is 2. The van der Waals surface area contributed by atoms with Crippen molar-refractivity contribution in [2.24, 2.45) is 29.4 Å². The number of nitrogens with one attached hydrogen (secondary N) is 2. The van der Waals surface area contributed by atoms with Gasteiger partial charge in [0.15, 0.2) is 11.5 Å². The molecule has 230 valence electrons. The SMILES string of the molecule is CCC1C#CC2C=CC(c3ccc(O)c(OCCC(Cc4ccc[nH]4)C4=CCNC(N)=C4)c3)CC(O)C2C(O)CCCC1. The zero-order valence-electron chi connectivity index (χ0n) is 25.2. The van der Waals surface area contributed by atoms with E-state index in [2.05, 4.69) is 53.4 Å². The van der Waals surface area contributed by atoms with Gasteiger partial charge >= 0.3 is 0 Å². The molecular weight excluding hydrogens is 538 g/mol. The number of hydrogen-bond acceptors (Lipinski definition) is 6. The molecule has 1 aliphatic heterocycles. The predicted octanol–water partition coefficient (Wildman–Crippen LogP) is 5.28. The van der Waals surface area contributed by atoms with Gasteiger partial charge in [0.05, 0.1) is 24.6 Å². The van der Waals surface area contributed by atoms with Crippen LogP contribution in [0.3, 0.4) is 0 Å². The highest BCUT2D eigenvalue weighted by molar-refractivity contribution is 5.44. The number of H-pyrrole nitrogens is 1. The third-order valence-corrected chi connectivity index (χ3v) is 9.30. The molecule has 7 heteroatoms. The molecule has 43 heavy (non-hydrogen) atoms. The minimum Gasteiger partial charge on any atom is -0.504 e. The molecule has 7 atom stereocenters. The normalized spacial score (nSPS) is 28.2. The van der Waals surface area contributed by atoms with E-state index in [0.29, 0.717) is 43.5 Å². The first kappa shape index (κ1) is 30.8. The maximum Gasteiger partial charge on any atom is 0.161 e. The van der Waals surface area contributed by atoms with Gasteiger partial charge in [-0.05, 0) is 85.9 Å². The van der Waals surface area contributed by atoms with Crippen LogP contribution < -0.4 is 15.8 Å². The number of rotatable bonds is 9. The number of aromatic hydroxyl groups is 1. The van der Waals surface area contributed by atoms with Gasteiger partial charge in [-0.15, -0.1) is 0 Å². The van der Waals surface area contributed by atoms with Crippen molar-refractivity contribution in [2.75, 3.05) is 13.2 Å². The molecule has 0 saturated heterocycles. The van der Waals surface area contributed by atoms with Gasteiger partial charge in [-0.2, -0.15) is 0 Å². The first-order valence-corrected chi connectivity index (χ1v) is 16.0. The van der Waals surface area contributed by atoms with Crippen LogP contribution in [0.5, 0.6) is 11.5 Å². The van der Waals surface area contributed by atoms with Crippen LogP contribution in [0.15, 0.2) is 72.2 Å². The van der Waals surface area contributed by atoms with Crippen LogP contribution in [-0.4, -0.2) is 45.7 Å². The number of nitrogens with two attached hydrogens (primary N) is 1. The Balaban J connectivity index is 1.30. The van der Waals surface area contributed by atoms with E-state index >= 15 is 0 Å². The van der Waals surface area contributed by atoms with E-state index in [0.717, 1.165) is 49.8 Å². The van der Waals surface area contributed by atoms with Gasteiger partial charge in [-0.1, -0.05) is 55.9 Å². The number of benzene rings is 1. The summed E-state index contributed by atoms with van der Waals surface area (Å²) < 4.78 is 6.19. The first-order valence-electron chi connectivity index (χ1n) is 16.0. The number of aromatic amines is 1. The monoisotopic (exact) mass is 585 g/mol. The molecule has 7 N–H and O–H groups in total. The average molecular weight is 586 g/mol. The second-order valence-electron chi connectivity index (χ2n) is 12.3. The smallest absolute Gasteiger partial charge is 0.161 e. The molecule has 0 bridgehead atoms. The van der Waals surface area contributed by atoms with Crippen LogP contribution >= 0.6 is 0 Å². The minimum atomic E-state index is -0.695. The molecular formula is C36H47N3O4. The third-order valence-electron chi connectivity index (χ3n) is 9.30. The maximum absolute atomic E-state index is 11.4. The summed E-state index contributed by atoms with van der Waals surface area (Å²) in [6.07, 6.45) is 15.8. The Morgan fingerprint density at radius 1 is 1.09 bits per heavy atom. The number of fused-ring (bicyclic) bond motifs is 1. The Bertz CT molecular complexity index is 1350. The van der Waals surface area contributed by atoms with Gasteiger partial charge in [0.1, 0.15) is 0 Å². The second-order valence-corrected chi connectivity index (χ2v) is 12.3. The summed E-state index contributed by atoms with van der Waals surface area (Å²) in [5.74, 6) is 8.04. The lowest BCUT2D eigenvalue weighted by Crippen LogP contribution is -2.36. The fraction of sp³-hybridized carbons (Fsp3) is 0.500. The molecule has 0 fully saturated rings. The van der Waals surface area contributed by atoms with Crippen LogP contribution in [0.4, 0.5) is 0 Å². The largest absolute Gasteiger partial charge is 0.504 e. The van der Waals surface area contributed by atoms with Crippen LogP contribution in [-0.2, 0) is 6.42 Å². The minimum absolute atomic E-state index is 0.0832. The van der Waals surface area contributed by atoms with Crippen molar-refractivity contribution in [3.05, 3.63) is 83.5 Å². The molecule has 1 aromatic carbocycles. The van der Waals surface area contributed by atoms with E-state index in [1.54, 1.807) is 6.07 Å². The fourth-order valence-corrected chi connectivity index (χ4v) is 6.73. The summed E-state index contributed by atoms with van der Waals surface area (Å²) in [5.41, 5.74) is 9.35. The topological polar surface area (TPSA) is 124 Å². The number of aromatic nitrogens is 1. The van der Waals surface area contributed by atoms with Crippen molar-refractivity contribution in [3.63, 3.8) is 0 Å². The molecule has 3 aliphatic rings. The molecule has 7 nitrogen and oxygen atoms in total. The number of allylic oxidation sites excluding steroid dienone is 4. The van der Waals surface area contributed by atoms with Gasteiger partial charge in [-0.25, -0.2) is 0 Å². The lowest BCUT2D eigenvalue weighted by atomic mass is 9.79. The molecule has 0 radical (unpaired) electrons. The molecule has 5 rings (SSSR count). The molecule has 0 spiro atoms. The fourth-order valence-electron chi connectivity index (χ4n) is 6.73. The molecule has 2 heterocycles. The summed E-state index contributed by atoms with van der Waals surface area (Å²) in [6, 6.07) is 9.54.